The Balaban J connectivity index is 2.09. The zero-order valence-corrected chi connectivity index (χ0v) is 12.7. The van der Waals surface area contributed by atoms with E-state index in [1.54, 1.807) is 7.11 Å². The van der Waals surface area contributed by atoms with E-state index in [2.05, 4.69) is 50.4 Å². The lowest BCUT2D eigenvalue weighted by atomic mass is 10.0. The number of hydrogen-bond acceptors (Lipinski definition) is 2. The van der Waals surface area contributed by atoms with E-state index in [1.165, 1.54) is 22.3 Å². The van der Waals surface area contributed by atoms with Crippen molar-refractivity contribution in [2.45, 2.75) is 33.4 Å². The minimum absolute atomic E-state index is 0.256. The van der Waals surface area contributed by atoms with Crippen LogP contribution in [0.15, 0.2) is 42.5 Å². The minimum Gasteiger partial charge on any atom is -0.496 e. The molecule has 0 bridgehead atoms. The monoisotopic (exact) mass is 269 g/mol. The molecule has 2 aromatic carbocycles. The van der Waals surface area contributed by atoms with E-state index in [1.807, 2.05) is 18.2 Å². The summed E-state index contributed by atoms with van der Waals surface area (Å²) in [5.41, 5.74) is 5.26. The Morgan fingerprint density at radius 3 is 2.55 bits per heavy atom. The first-order chi connectivity index (χ1) is 9.63. The van der Waals surface area contributed by atoms with Gasteiger partial charge in [0.25, 0.3) is 0 Å². The molecule has 106 valence electrons. The van der Waals surface area contributed by atoms with Crippen LogP contribution in [0.25, 0.3) is 0 Å². The van der Waals surface area contributed by atoms with Gasteiger partial charge in [-0.05, 0) is 43.5 Å². The topological polar surface area (TPSA) is 21.3 Å². The number of rotatable bonds is 5. The zero-order valence-electron chi connectivity index (χ0n) is 12.7. The van der Waals surface area contributed by atoms with E-state index in [-0.39, 0.29) is 6.04 Å². The second-order valence-electron chi connectivity index (χ2n) is 5.20. The molecule has 20 heavy (non-hydrogen) atoms. The highest BCUT2D eigenvalue weighted by Gasteiger charge is 2.10. The highest BCUT2D eigenvalue weighted by molar-refractivity contribution is 5.36. The Labute approximate surface area is 121 Å². The number of ether oxygens (including phenoxy) is 1. The number of para-hydroxylation sites is 1. The summed E-state index contributed by atoms with van der Waals surface area (Å²) < 4.78 is 5.42. The fourth-order valence-corrected chi connectivity index (χ4v) is 2.40. The molecule has 0 saturated heterocycles. The van der Waals surface area contributed by atoms with Crippen LogP contribution in [0, 0.1) is 13.8 Å². The van der Waals surface area contributed by atoms with Crippen LogP contribution in [0.4, 0.5) is 0 Å². The van der Waals surface area contributed by atoms with Crippen molar-refractivity contribution in [3.05, 3.63) is 64.7 Å². The van der Waals surface area contributed by atoms with Gasteiger partial charge in [-0.3, -0.25) is 0 Å². The Morgan fingerprint density at radius 2 is 1.80 bits per heavy atom. The van der Waals surface area contributed by atoms with E-state index >= 15 is 0 Å². The summed E-state index contributed by atoms with van der Waals surface area (Å²) in [6.45, 7) is 7.37. The molecule has 0 fully saturated rings. The zero-order chi connectivity index (χ0) is 14.5. The first kappa shape index (κ1) is 14.6. The summed E-state index contributed by atoms with van der Waals surface area (Å²) in [6, 6.07) is 14.9. The standard InChI is InChI=1S/C18H23NO/c1-13-8-7-9-16(14(13)2)12-19-15(3)17-10-5-6-11-18(17)20-4/h5-11,15,19H,12H2,1-4H3/t15-/m0/s1. The second kappa shape index (κ2) is 6.58. The summed E-state index contributed by atoms with van der Waals surface area (Å²) >= 11 is 0. The average Bonchev–Trinajstić information content (AvgIpc) is 2.48. The Bertz CT molecular complexity index is 577. The van der Waals surface area contributed by atoms with Crippen LogP contribution in [0.3, 0.4) is 0 Å². The van der Waals surface area contributed by atoms with Crippen LogP contribution in [0.1, 0.15) is 35.2 Å². The van der Waals surface area contributed by atoms with Crippen molar-refractivity contribution in [1.82, 2.24) is 5.32 Å². The van der Waals surface area contributed by atoms with Crippen molar-refractivity contribution >= 4 is 0 Å². The second-order valence-corrected chi connectivity index (χ2v) is 5.20. The van der Waals surface area contributed by atoms with E-state index in [4.69, 9.17) is 4.74 Å². The molecule has 0 amide bonds. The number of benzene rings is 2. The Kier molecular flexibility index (Phi) is 4.80. The van der Waals surface area contributed by atoms with E-state index in [9.17, 15) is 0 Å². The van der Waals surface area contributed by atoms with Gasteiger partial charge in [0.15, 0.2) is 0 Å². The molecule has 0 aromatic heterocycles. The van der Waals surface area contributed by atoms with Crippen molar-refractivity contribution in [3.63, 3.8) is 0 Å². The third kappa shape index (κ3) is 3.20. The lowest BCUT2D eigenvalue weighted by molar-refractivity contribution is 0.401. The third-order valence-corrected chi connectivity index (χ3v) is 3.92. The average molecular weight is 269 g/mol. The van der Waals surface area contributed by atoms with Gasteiger partial charge in [0.2, 0.25) is 0 Å². The smallest absolute Gasteiger partial charge is 0.123 e. The van der Waals surface area contributed by atoms with E-state index in [0.717, 1.165) is 12.3 Å². The molecular weight excluding hydrogens is 246 g/mol. The Hall–Kier alpha value is -1.80. The molecule has 2 nitrogen and oxygen atoms in total. The van der Waals surface area contributed by atoms with Gasteiger partial charge in [-0.15, -0.1) is 0 Å². The highest BCUT2D eigenvalue weighted by Crippen LogP contribution is 2.24. The van der Waals surface area contributed by atoms with Crippen LogP contribution in [-0.4, -0.2) is 7.11 Å². The van der Waals surface area contributed by atoms with Crippen LogP contribution in [0.2, 0.25) is 0 Å². The molecule has 1 atom stereocenters. The SMILES string of the molecule is COc1ccccc1[C@H](C)NCc1cccc(C)c1C. The van der Waals surface area contributed by atoms with Gasteiger partial charge in [0, 0.05) is 18.2 Å². The number of hydrogen-bond donors (Lipinski definition) is 1. The first-order valence-electron chi connectivity index (χ1n) is 7.05. The summed E-state index contributed by atoms with van der Waals surface area (Å²) in [5.74, 6) is 0.938. The maximum atomic E-state index is 5.42. The molecule has 1 N–H and O–H groups in total. The maximum absolute atomic E-state index is 5.42. The van der Waals surface area contributed by atoms with Crippen LogP contribution in [-0.2, 0) is 6.54 Å². The van der Waals surface area contributed by atoms with Crippen molar-refractivity contribution in [1.29, 1.82) is 0 Å². The number of aryl methyl sites for hydroxylation is 1. The van der Waals surface area contributed by atoms with Crippen LogP contribution >= 0.6 is 0 Å². The fraction of sp³-hybridized carbons (Fsp3) is 0.333. The van der Waals surface area contributed by atoms with Crippen molar-refractivity contribution in [2.75, 3.05) is 7.11 Å². The predicted molar refractivity (Wildman–Crippen MR) is 84.2 cm³/mol. The normalized spacial score (nSPS) is 12.2. The highest BCUT2D eigenvalue weighted by atomic mass is 16.5. The number of nitrogens with one attached hydrogen (secondary N) is 1. The quantitative estimate of drug-likeness (QED) is 0.880. The van der Waals surface area contributed by atoms with Gasteiger partial charge in [0.05, 0.1) is 7.11 Å². The summed E-state index contributed by atoms with van der Waals surface area (Å²) in [6.07, 6.45) is 0. The van der Waals surface area contributed by atoms with Gasteiger partial charge in [-0.25, -0.2) is 0 Å². The maximum Gasteiger partial charge on any atom is 0.123 e. The van der Waals surface area contributed by atoms with Gasteiger partial charge in [-0.1, -0.05) is 36.4 Å². The van der Waals surface area contributed by atoms with Crippen LogP contribution in [0.5, 0.6) is 5.75 Å². The molecule has 0 radical (unpaired) electrons. The number of methoxy groups -OCH3 is 1. The van der Waals surface area contributed by atoms with Crippen molar-refractivity contribution in [2.24, 2.45) is 0 Å². The molecule has 0 aliphatic rings. The lowest BCUT2D eigenvalue weighted by Crippen LogP contribution is -2.19. The van der Waals surface area contributed by atoms with Gasteiger partial charge >= 0.3 is 0 Å². The summed E-state index contributed by atoms with van der Waals surface area (Å²) in [4.78, 5) is 0. The van der Waals surface area contributed by atoms with E-state index < -0.39 is 0 Å². The predicted octanol–water partition coefficient (Wildman–Crippen LogP) is 4.16. The molecule has 0 spiro atoms. The van der Waals surface area contributed by atoms with Gasteiger partial charge in [-0.2, -0.15) is 0 Å². The first-order valence-corrected chi connectivity index (χ1v) is 7.05. The molecule has 0 aliphatic carbocycles. The van der Waals surface area contributed by atoms with Crippen LogP contribution < -0.4 is 10.1 Å². The molecule has 0 saturated carbocycles. The van der Waals surface area contributed by atoms with Gasteiger partial charge < -0.3 is 10.1 Å². The molecule has 0 aliphatic heterocycles. The molecular formula is C18H23NO. The third-order valence-electron chi connectivity index (χ3n) is 3.92. The fourth-order valence-electron chi connectivity index (χ4n) is 2.40. The van der Waals surface area contributed by atoms with Gasteiger partial charge in [0.1, 0.15) is 5.75 Å². The minimum atomic E-state index is 0.256. The Morgan fingerprint density at radius 1 is 1.05 bits per heavy atom. The molecule has 2 rings (SSSR count). The van der Waals surface area contributed by atoms with Crippen molar-refractivity contribution < 1.29 is 4.74 Å². The molecule has 2 aromatic rings. The summed E-state index contributed by atoms with van der Waals surface area (Å²) in [5, 5.41) is 3.58. The van der Waals surface area contributed by atoms with Crippen molar-refractivity contribution in [3.8, 4) is 5.75 Å². The lowest BCUT2D eigenvalue weighted by Gasteiger charge is -2.18. The molecule has 0 heterocycles. The van der Waals surface area contributed by atoms with E-state index in [0.29, 0.717) is 0 Å². The molecule has 0 unspecified atom stereocenters. The largest absolute Gasteiger partial charge is 0.496 e. The summed E-state index contributed by atoms with van der Waals surface area (Å²) in [7, 11) is 1.72. The molecule has 2 heteroatoms.